The second-order valence-corrected chi connectivity index (χ2v) is 8.19. The van der Waals surface area contributed by atoms with Crippen molar-refractivity contribution >= 4 is 17.5 Å². The van der Waals surface area contributed by atoms with Gasteiger partial charge in [-0.15, -0.1) is 11.6 Å². The highest BCUT2D eigenvalue weighted by Crippen LogP contribution is 2.24. The van der Waals surface area contributed by atoms with Gasteiger partial charge >= 0.3 is 0 Å². The number of hydrogen-bond acceptors (Lipinski definition) is 1. The minimum absolute atomic E-state index is 0.00913. The first kappa shape index (κ1) is 21.1. The molecule has 0 bridgehead atoms. The van der Waals surface area contributed by atoms with Gasteiger partial charge in [0.15, 0.2) is 0 Å². The Kier molecular flexibility index (Phi) is 6.75. The highest BCUT2D eigenvalue weighted by Gasteiger charge is 2.31. The molecular formula is C24H26ClFN2O. The number of amides is 1. The lowest BCUT2D eigenvalue weighted by Gasteiger charge is -2.31. The molecule has 1 amide bonds. The Morgan fingerprint density at radius 1 is 1.00 bits per heavy atom. The maximum Gasteiger partial charge on any atom is 0.230 e. The molecule has 0 spiro atoms. The van der Waals surface area contributed by atoms with Crippen molar-refractivity contribution in [3.8, 4) is 0 Å². The molecule has 0 saturated heterocycles. The van der Waals surface area contributed by atoms with Crippen LogP contribution >= 0.6 is 11.6 Å². The highest BCUT2D eigenvalue weighted by molar-refractivity contribution is 6.19. The Morgan fingerprint density at radius 3 is 2.41 bits per heavy atom. The number of carbonyl (C=O) groups excluding carboxylic acids is 1. The van der Waals surface area contributed by atoms with Gasteiger partial charge in [-0.2, -0.15) is 0 Å². The minimum Gasteiger partial charge on any atom is -0.345 e. The maximum absolute atomic E-state index is 13.6. The third-order valence-corrected chi connectivity index (χ3v) is 5.60. The van der Waals surface area contributed by atoms with E-state index in [4.69, 9.17) is 11.6 Å². The van der Waals surface area contributed by atoms with Crippen molar-refractivity contribution in [2.75, 3.05) is 5.88 Å². The van der Waals surface area contributed by atoms with Crippen molar-refractivity contribution in [2.24, 2.45) is 5.41 Å². The summed E-state index contributed by atoms with van der Waals surface area (Å²) < 4.78 is 15.6. The lowest BCUT2D eigenvalue weighted by molar-refractivity contribution is -0.140. The molecule has 3 nitrogen and oxygen atoms in total. The second kappa shape index (κ2) is 9.27. The number of rotatable bonds is 8. The van der Waals surface area contributed by atoms with Crippen LogP contribution in [0.15, 0.2) is 72.9 Å². The third-order valence-electron chi connectivity index (χ3n) is 4.93. The topological polar surface area (TPSA) is 25.2 Å². The molecule has 5 heteroatoms. The van der Waals surface area contributed by atoms with Gasteiger partial charge in [0, 0.05) is 30.9 Å². The molecule has 0 aliphatic rings. The van der Waals surface area contributed by atoms with Gasteiger partial charge in [-0.25, -0.2) is 4.39 Å². The van der Waals surface area contributed by atoms with Crippen LogP contribution in [-0.2, 0) is 24.4 Å². The number of alkyl halides is 1. The van der Waals surface area contributed by atoms with Crippen LogP contribution in [0.25, 0.3) is 0 Å². The Labute approximate surface area is 176 Å². The molecule has 152 valence electrons. The molecule has 0 unspecified atom stereocenters. The van der Waals surface area contributed by atoms with E-state index in [-0.39, 0.29) is 17.6 Å². The second-order valence-electron chi connectivity index (χ2n) is 7.92. The number of aromatic nitrogens is 1. The zero-order chi connectivity index (χ0) is 20.9. The number of nitrogens with zero attached hydrogens (tertiary/aromatic N) is 2. The molecule has 1 heterocycles. The first-order valence-corrected chi connectivity index (χ1v) is 10.2. The lowest BCUT2D eigenvalue weighted by atomic mass is 9.94. The molecule has 29 heavy (non-hydrogen) atoms. The zero-order valence-electron chi connectivity index (χ0n) is 16.8. The zero-order valence-corrected chi connectivity index (χ0v) is 17.6. The fraction of sp³-hybridized carbons (Fsp3) is 0.292. The third kappa shape index (κ3) is 5.48. The highest BCUT2D eigenvalue weighted by atomic mass is 35.5. The van der Waals surface area contributed by atoms with Crippen molar-refractivity contribution in [1.82, 2.24) is 9.47 Å². The van der Waals surface area contributed by atoms with E-state index in [9.17, 15) is 9.18 Å². The van der Waals surface area contributed by atoms with E-state index in [2.05, 4.69) is 0 Å². The molecule has 1 aromatic heterocycles. The van der Waals surface area contributed by atoms with E-state index < -0.39 is 5.41 Å². The van der Waals surface area contributed by atoms with Gasteiger partial charge in [-0.05, 0) is 49.2 Å². The molecule has 0 fully saturated rings. The summed E-state index contributed by atoms with van der Waals surface area (Å²) >= 11 is 6.08. The van der Waals surface area contributed by atoms with Gasteiger partial charge in [-0.3, -0.25) is 4.79 Å². The molecule has 3 rings (SSSR count). The largest absolute Gasteiger partial charge is 0.345 e. The van der Waals surface area contributed by atoms with Crippen LogP contribution in [0.5, 0.6) is 0 Å². The fourth-order valence-electron chi connectivity index (χ4n) is 3.26. The summed E-state index contributed by atoms with van der Waals surface area (Å²) in [6.45, 7) is 5.24. The molecule has 2 aromatic carbocycles. The number of carbonyl (C=O) groups is 1. The van der Waals surface area contributed by atoms with Gasteiger partial charge in [0.1, 0.15) is 5.82 Å². The van der Waals surface area contributed by atoms with Crippen LogP contribution in [0.1, 0.15) is 30.7 Å². The minimum atomic E-state index is -0.656. The van der Waals surface area contributed by atoms with Crippen LogP contribution in [0.4, 0.5) is 4.39 Å². The Hall–Kier alpha value is -2.59. The average molecular weight is 413 g/mol. The predicted molar refractivity (Wildman–Crippen MR) is 115 cm³/mol. The molecule has 0 aliphatic heterocycles. The first-order chi connectivity index (χ1) is 13.9. The van der Waals surface area contributed by atoms with Crippen molar-refractivity contribution in [1.29, 1.82) is 0 Å². The molecular weight excluding hydrogens is 387 g/mol. The van der Waals surface area contributed by atoms with Gasteiger partial charge < -0.3 is 9.47 Å². The molecule has 3 aromatic rings. The van der Waals surface area contributed by atoms with E-state index >= 15 is 0 Å². The Morgan fingerprint density at radius 2 is 1.72 bits per heavy atom. The van der Waals surface area contributed by atoms with Crippen LogP contribution in [0, 0.1) is 11.2 Å². The van der Waals surface area contributed by atoms with E-state index in [0.29, 0.717) is 19.6 Å². The van der Waals surface area contributed by atoms with Gasteiger partial charge in [0.05, 0.1) is 12.0 Å². The van der Waals surface area contributed by atoms with Gasteiger partial charge in [-0.1, -0.05) is 42.5 Å². The molecule has 0 saturated carbocycles. The summed E-state index contributed by atoms with van der Waals surface area (Å²) in [7, 11) is 0. The predicted octanol–water partition coefficient (Wildman–Crippen LogP) is 5.47. The van der Waals surface area contributed by atoms with E-state index in [1.807, 2.05) is 78.0 Å². The quantitative estimate of drug-likeness (QED) is 0.450. The smallest absolute Gasteiger partial charge is 0.230 e. The maximum atomic E-state index is 13.6. The van der Waals surface area contributed by atoms with Crippen molar-refractivity contribution < 1.29 is 9.18 Å². The monoisotopic (exact) mass is 412 g/mol. The first-order valence-electron chi connectivity index (χ1n) is 9.67. The summed E-state index contributed by atoms with van der Waals surface area (Å²) in [5.74, 6) is 0.0114. The number of halogens is 2. The number of hydrogen-bond donors (Lipinski definition) is 0. The van der Waals surface area contributed by atoms with Crippen LogP contribution < -0.4 is 0 Å². The van der Waals surface area contributed by atoms with Crippen LogP contribution in [0.2, 0.25) is 0 Å². The van der Waals surface area contributed by atoms with E-state index in [0.717, 1.165) is 16.8 Å². The van der Waals surface area contributed by atoms with Gasteiger partial charge in [0.2, 0.25) is 5.91 Å². The summed E-state index contributed by atoms with van der Waals surface area (Å²) in [6, 6.07) is 20.5. The van der Waals surface area contributed by atoms with E-state index in [1.54, 1.807) is 6.07 Å². The SMILES string of the molecule is CC(C)(CCl)C(=O)N(Cc1ccccc1)Cc1cccn1Cc1cccc(F)c1. The summed E-state index contributed by atoms with van der Waals surface area (Å²) in [4.78, 5) is 15.1. The number of benzene rings is 2. The summed E-state index contributed by atoms with van der Waals surface area (Å²) in [6.07, 6.45) is 1.96. The summed E-state index contributed by atoms with van der Waals surface area (Å²) in [5, 5.41) is 0. The Bertz CT molecular complexity index is 952. The summed E-state index contributed by atoms with van der Waals surface area (Å²) in [5.41, 5.74) is 2.28. The van der Waals surface area contributed by atoms with Crippen molar-refractivity contribution in [2.45, 2.75) is 33.5 Å². The molecule has 0 N–H and O–H groups in total. The molecule has 0 aliphatic carbocycles. The van der Waals surface area contributed by atoms with Crippen molar-refractivity contribution in [3.05, 3.63) is 95.6 Å². The molecule has 0 radical (unpaired) electrons. The normalized spacial score (nSPS) is 11.4. The van der Waals surface area contributed by atoms with E-state index in [1.165, 1.54) is 12.1 Å². The lowest BCUT2D eigenvalue weighted by Crippen LogP contribution is -2.41. The average Bonchev–Trinajstić information content (AvgIpc) is 3.14. The Balaban J connectivity index is 1.84. The van der Waals surface area contributed by atoms with Gasteiger partial charge in [0.25, 0.3) is 0 Å². The van der Waals surface area contributed by atoms with Crippen molar-refractivity contribution in [3.63, 3.8) is 0 Å². The molecule has 0 atom stereocenters. The van der Waals surface area contributed by atoms with Crippen LogP contribution in [-0.4, -0.2) is 21.3 Å². The van der Waals surface area contributed by atoms with Crippen LogP contribution in [0.3, 0.4) is 0 Å². The fourth-order valence-corrected chi connectivity index (χ4v) is 3.38. The standard InChI is InChI=1S/C24H26ClFN2O/c1-24(2,18-25)23(29)28(15-19-8-4-3-5-9-19)17-22-12-7-13-27(22)16-20-10-6-11-21(26)14-20/h3-14H,15-18H2,1-2H3.